The van der Waals surface area contributed by atoms with E-state index in [9.17, 15) is 4.79 Å². The SMILES string of the molecule is CNc1cc(-n2nc(C)cc2NC(=O)c2cc(C)n(C(C)C3CC3)n2)ncn1. The van der Waals surface area contributed by atoms with Crippen LogP contribution in [0.5, 0.6) is 0 Å². The lowest BCUT2D eigenvalue weighted by atomic mass is 10.2. The third kappa shape index (κ3) is 3.47. The van der Waals surface area contributed by atoms with Gasteiger partial charge in [-0.1, -0.05) is 0 Å². The fourth-order valence-corrected chi connectivity index (χ4v) is 3.33. The smallest absolute Gasteiger partial charge is 0.277 e. The first-order valence-corrected chi connectivity index (χ1v) is 9.40. The van der Waals surface area contributed by atoms with Crippen molar-refractivity contribution in [3.63, 3.8) is 0 Å². The van der Waals surface area contributed by atoms with E-state index in [0.29, 0.717) is 35.1 Å². The monoisotopic (exact) mass is 380 g/mol. The van der Waals surface area contributed by atoms with E-state index in [1.807, 2.05) is 24.6 Å². The zero-order valence-electron chi connectivity index (χ0n) is 16.5. The van der Waals surface area contributed by atoms with E-state index in [0.717, 1.165) is 11.4 Å². The topological polar surface area (TPSA) is 103 Å². The predicted molar refractivity (Wildman–Crippen MR) is 106 cm³/mol. The molecule has 3 aromatic heterocycles. The maximum absolute atomic E-state index is 12.8. The predicted octanol–water partition coefficient (Wildman–Crippen LogP) is 2.74. The number of hydrogen-bond acceptors (Lipinski definition) is 6. The Morgan fingerprint density at radius 1 is 1.18 bits per heavy atom. The lowest BCUT2D eigenvalue weighted by molar-refractivity contribution is 0.102. The van der Waals surface area contributed by atoms with Gasteiger partial charge in [-0.3, -0.25) is 9.48 Å². The molecule has 1 amide bonds. The van der Waals surface area contributed by atoms with Gasteiger partial charge in [0.15, 0.2) is 11.5 Å². The van der Waals surface area contributed by atoms with Gasteiger partial charge < -0.3 is 10.6 Å². The summed E-state index contributed by atoms with van der Waals surface area (Å²) in [6.07, 6.45) is 3.91. The Hall–Kier alpha value is -3.23. The minimum absolute atomic E-state index is 0.270. The van der Waals surface area contributed by atoms with Crippen molar-refractivity contribution in [3.8, 4) is 5.82 Å². The highest BCUT2D eigenvalue weighted by Gasteiger charge is 2.31. The number of carbonyl (C=O) groups is 1. The second-order valence-electron chi connectivity index (χ2n) is 7.24. The third-order valence-corrected chi connectivity index (χ3v) is 5.04. The van der Waals surface area contributed by atoms with Crippen molar-refractivity contribution in [2.24, 2.45) is 5.92 Å². The highest BCUT2D eigenvalue weighted by molar-refractivity contribution is 6.02. The largest absolute Gasteiger partial charge is 0.373 e. The number of aryl methyl sites for hydroxylation is 2. The van der Waals surface area contributed by atoms with E-state index in [1.54, 1.807) is 23.9 Å². The van der Waals surface area contributed by atoms with Gasteiger partial charge in [-0.25, -0.2) is 9.97 Å². The molecule has 28 heavy (non-hydrogen) atoms. The zero-order valence-corrected chi connectivity index (χ0v) is 16.5. The van der Waals surface area contributed by atoms with Crippen LogP contribution in [0.25, 0.3) is 5.82 Å². The summed E-state index contributed by atoms with van der Waals surface area (Å²) in [5.74, 6) is 2.16. The standard InChI is InChI=1S/C19H24N8O/c1-11-7-18(27(24-11)17-9-16(20-4)21-10-22-17)23-19(28)15-8-12(2)26(25-15)13(3)14-5-6-14/h7-10,13-14H,5-6H2,1-4H3,(H,23,28)(H,20,21,22). The molecule has 1 fully saturated rings. The van der Waals surface area contributed by atoms with Gasteiger partial charge in [-0.05, 0) is 45.6 Å². The molecule has 4 rings (SSSR count). The number of aromatic nitrogens is 6. The molecule has 0 aliphatic heterocycles. The molecule has 9 nitrogen and oxygen atoms in total. The summed E-state index contributed by atoms with van der Waals surface area (Å²) in [5, 5.41) is 14.9. The lowest BCUT2D eigenvalue weighted by Gasteiger charge is -2.12. The van der Waals surface area contributed by atoms with E-state index in [-0.39, 0.29) is 5.91 Å². The summed E-state index contributed by atoms with van der Waals surface area (Å²) >= 11 is 0. The first-order chi connectivity index (χ1) is 13.5. The Morgan fingerprint density at radius 3 is 2.68 bits per heavy atom. The molecule has 3 aromatic rings. The van der Waals surface area contributed by atoms with E-state index in [4.69, 9.17) is 0 Å². The summed E-state index contributed by atoms with van der Waals surface area (Å²) in [7, 11) is 1.78. The van der Waals surface area contributed by atoms with E-state index in [1.165, 1.54) is 19.2 Å². The first-order valence-electron chi connectivity index (χ1n) is 9.40. The third-order valence-electron chi connectivity index (χ3n) is 5.04. The molecule has 0 radical (unpaired) electrons. The maximum Gasteiger partial charge on any atom is 0.277 e. The van der Waals surface area contributed by atoms with E-state index in [2.05, 4.69) is 37.7 Å². The maximum atomic E-state index is 12.8. The summed E-state index contributed by atoms with van der Waals surface area (Å²) < 4.78 is 3.55. The van der Waals surface area contributed by atoms with Crippen LogP contribution in [0, 0.1) is 19.8 Å². The number of anilines is 2. The van der Waals surface area contributed by atoms with Crippen LogP contribution in [-0.4, -0.2) is 42.5 Å². The van der Waals surface area contributed by atoms with Gasteiger partial charge in [0.25, 0.3) is 5.91 Å². The van der Waals surface area contributed by atoms with Gasteiger partial charge in [0.2, 0.25) is 0 Å². The fourth-order valence-electron chi connectivity index (χ4n) is 3.33. The lowest BCUT2D eigenvalue weighted by Crippen LogP contribution is -2.17. The first kappa shape index (κ1) is 18.1. The summed E-state index contributed by atoms with van der Waals surface area (Å²) in [4.78, 5) is 21.2. The Bertz CT molecular complexity index is 1020. The number of rotatable bonds is 6. The van der Waals surface area contributed by atoms with Gasteiger partial charge in [0.05, 0.1) is 11.7 Å². The van der Waals surface area contributed by atoms with Crippen molar-refractivity contribution in [1.82, 2.24) is 29.5 Å². The molecule has 146 valence electrons. The van der Waals surface area contributed by atoms with Crippen LogP contribution in [0.2, 0.25) is 0 Å². The number of nitrogens with one attached hydrogen (secondary N) is 2. The second-order valence-corrected chi connectivity index (χ2v) is 7.24. The minimum atomic E-state index is -0.270. The average Bonchev–Trinajstić information content (AvgIpc) is 3.37. The molecule has 1 atom stereocenters. The van der Waals surface area contributed by atoms with Crippen molar-refractivity contribution in [3.05, 3.63) is 41.6 Å². The molecule has 3 heterocycles. The van der Waals surface area contributed by atoms with Crippen LogP contribution in [0.3, 0.4) is 0 Å². The van der Waals surface area contributed by atoms with Crippen LogP contribution in [0.1, 0.15) is 47.7 Å². The van der Waals surface area contributed by atoms with Gasteiger partial charge in [-0.2, -0.15) is 14.9 Å². The molecular formula is C19H24N8O. The summed E-state index contributed by atoms with van der Waals surface area (Å²) in [5.41, 5.74) is 2.15. The van der Waals surface area contributed by atoms with Crippen LogP contribution in [0.15, 0.2) is 24.5 Å². The van der Waals surface area contributed by atoms with Crippen molar-refractivity contribution >= 4 is 17.5 Å². The van der Waals surface area contributed by atoms with Gasteiger partial charge in [0, 0.05) is 24.9 Å². The molecule has 1 aliphatic carbocycles. The number of nitrogens with zero attached hydrogens (tertiary/aromatic N) is 6. The van der Waals surface area contributed by atoms with E-state index < -0.39 is 0 Å². The van der Waals surface area contributed by atoms with Crippen LogP contribution >= 0.6 is 0 Å². The Kier molecular flexibility index (Phi) is 4.58. The molecule has 0 saturated heterocycles. The number of carbonyl (C=O) groups excluding carboxylic acids is 1. The molecule has 9 heteroatoms. The molecule has 0 bridgehead atoms. The Labute approximate surface area is 163 Å². The summed E-state index contributed by atoms with van der Waals surface area (Å²) in [6.45, 7) is 6.01. The van der Waals surface area contributed by atoms with Gasteiger partial charge in [0.1, 0.15) is 18.0 Å². The van der Waals surface area contributed by atoms with Crippen molar-refractivity contribution in [2.45, 2.75) is 39.7 Å². The van der Waals surface area contributed by atoms with Crippen LogP contribution in [0.4, 0.5) is 11.6 Å². The Morgan fingerprint density at radius 2 is 1.96 bits per heavy atom. The van der Waals surface area contributed by atoms with Gasteiger partial charge >= 0.3 is 0 Å². The highest BCUT2D eigenvalue weighted by atomic mass is 16.2. The minimum Gasteiger partial charge on any atom is -0.373 e. The molecule has 0 spiro atoms. The number of hydrogen-bond donors (Lipinski definition) is 2. The summed E-state index contributed by atoms with van der Waals surface area (Å²) in [6, 6.07) is 5.70. The normalized spacial score (nSPS) is 14.7. The van der Waals surface area contributed by atoms with Crippen LogP contribution < -0.4 is 10.6 Å². The fraction of sp³-hybridized carbons (Fsp3) is 0.421. The Balaban J connectivity index is 1.59. The van der Waals surface area contributed by atoms with Crippen LogP contribution in [-0.2, 0) is 0 Å². The average molecular weight is 380 g/mol. The molecule has 1 saturated carbocycles. The molecular weight excluding hydrogens is 356 g/mol. The molecule has 2 N–H and O–H groups in total. The molecule has 0 aromatic carbocycles. The van der Waals surface area contributed by atoms with Crippen molar-refractivity contribution in [2.75, 3.05) is 17.7 Å². The van der Waals surface area contributed by atoms with Gasteiger partial charge in [-0.15, -0.1) is 0 Å². The quantitative estimate of drug-likeness (QED) is 0.682. The van der Waals surface area contributed by atoms with E-state index >= 15 is 0 Å². The van der Waals surface area contributed by atoms with Crippen molar-refractivity contribution < 1.29 is 4.79 Å². The highest BCUT2D eigenvalue weighted by Crippen LogP contribution is 2.39. The zero-order chi connectivity index (χ0) is 19.8. The molecule has 1 aliphatic rings. The van der Waals surface area contributed by atoms with Crippen molar-refractivity contribution in [1.29, 1.82) is 0 Å². The number of amides is 1. The molecule has 1 unspecified atom stereocenters. The second kappa shape index (κ2) is 7.06.